The number of halogens is 3. The van der Waals surface area contributed by atoms with Gasteiger partial charge in [0.25, 0.3) is 0 Å². The lowest BCUT2D eigenvalue weighted by atomic mass is 10.1. The number of hydrogen-bond acceptors (Lipinski definition) is 4. The lowest BCUT2D eigenvalue weighted by molar-refractivity contribution is -0.137. The van der Waals surface area contributed by atoms with Crippen LogP contribution in [0.25, 0.3) is 0 Å². The first-order valence-corrected chi connectivity index (χ1v) is 7.40. The van der Waals surface area contributed by atoms with E-state index < -0.39 is 27.4 Å². The van der Waals surface area contributed by atoms with Crippen LogP contribution in [0.3, 0.4) is 0 Å². The maximum absolute atomic E-state index is 12.3. The summed E-state index contributed by atoms with van der Waals surface area (Å²) in [5.74, 6) is -0.614. The van der Waals surface area contributed by atoms with E-state index in [0.717, 1.165) is 18.4 Å². The zero-order valence-corrected chi connectivity index (χ0v) is 10.9. The summed E-state index contributed by atoms with van der Waals surface area (Å²) in [5, 5.41) is 0. The SMILES string of the molecule is CS(=O)(=O)CCCC(=O)c1ccc(C(F)(F)F)cn1. The van der Waals surface area contributed by atoms with Crippen LogP contribution >= 0.6 is 0 Å². The highest BCUT2D eigenvalue weighted by atomic mass is 32.2. The lowest BCUT2D eigenvalue weighted by Gasteiger charge is -2.06. The molecule has 0 bridgehead atoms. The minimum absolute atomic E-state index is 0.0641. The molecule has 0 saturated heterocycles. The van der Waals surface area contributed by atoms with Crippen molar-refractivity contribution < 1.29 is 26.4 Å². The highest BCUT2D eigenvalue weighted by Crippen LogP contribution is 2.28. The van der Waals surface area contributed by atoms with E-state index in [2.05, 4.69) is 4.98 Å². The van der Waals surface area contributed by atoms with Gasteiger partial charge < -0.3 is 0 Å². The van der Waals surface area contributed by atoms with Crippen LogP contribution in [0.15, 0.2) is 18.3 Å². The zero-order chi connectivity index (χ0) is 14.7. The Balaban J connectivity index is 2.64. The number of pyridine rings is 1. The topological polar surface area (TPSA) is 64.1 Å². The molecule has 0 atom stereocenters. The minimum Gasteiger partial charge on any atom is -0.292 e. The highest BCUT2D eigenvalue weighted by Gasteiger charge is 2.30. The molecule has 0 aromatic carbocycles. The van der Waals surface area contributed by atoms with E-state index in [1.807, 2.05) is 0 Å². The van der Waals surface area contributed by atoms with Crippen molar-refractivity contribution in [3.63, 3.8) is 0 Å². The average Bonchev–Trinajstić information content (AvgIpc) is 2.26. The first-order chi connectivity index (χ1) is 8.59. The Morgan fingerprint density at radius 3 is 2.37 bits per heavy atom. The number of carbonyl (C=O) groups is 1. The summed E-state index contributed by atoms with van der Waals surface area (Å²) in [6, 6.07) is 1.77. The number of aromatic nitrogens is 1. The Morgan fingerprint density at radius 2 is 1.95 bits per heavy atom. The molecule has 0 spiro atoms. The quantitative estimate of drug-likeness (QED) is 0.780. The van der Waals surface area contributed by atoms with Crippen molar-refractivity contribution in [1.82, 2.24) is 4.98 Å². The molecular formula is C11H12F3NO3S. The van der Waals surface area contributed by atoms with E-state index in [0.29, 0.717) is 6.20 Å². The number of Topliss-reactive ketones (excluding diaryl/α,β-unsaturated/α-hetero) is 1. The molecule has 106 valence electrons. The summed E-state index contributed by atoms with van der Waals surface area (Å²) in [6.07, 6.45) is -2.80. The second-order valence-corrected chi connectivity index (χ2v) is 6.35. The molecule has 1 heterocycles. The van der Waals surface area contributed by atoms with Crippen LogP contribution in [0.4, 0.5) is 13.2 Å². The Kier molecular flexibility index (Phi) is 4.67. The molecule has 0 fully saturated rings. The molecule has 19 heavy (non-hydrogen) atoms. The summed E-state index contributed by atoms with van der Waals surface area (Å²) in [5.41, 5.74) is -1.03. The Morgan fingerprint density at radius 1 is 1.32 bits per heavy atom. The van der Waals surface area contributed by atoms with Crippen molar-refractivity contribution in [2.75, 3.05) is 12.0 Å². The number of hydrogen-bond donors (Lipinski definition) is 0. The number of alkyl halides is 3. The predicted octanol–water partition coefficient (Wildman–Crippen LogP) is 2.11. The number of sulfone groups is 1. The zero-order valence-electron chi connectivity index (χ0n) is 10.1. The van der Waals surface area contributed by atoms with Crippen molar-refractivity contribution in [3.05, 3.63) is 29.6 Å². The summed E-state index contributed by atoms with van der Waals surface area (Å²) in [7, 11) is -3.15. The van der Waals surface area contributed by atoms with Crippen LogP contribution in [0.1, 0.15) is 28.9 Å². The van der Waals surface area contributed by atoms with E-state index in [1.54, 1.807) is 0 Å². The molecule has 0 unspecified atom stereocenters. The predicted molar refractivity (Wildman–Crippen MR) is 62.5 cm³/mol. The molecule has 1 aromatic rings. The van der Waals surface area contributed by atoms with Gasteiger partial charge in [0, 0.05) is 18.9 Å². The van der Waals surface area contributed by atoms with Gasteiger partial charge in [0.05, 0.1) is 11.3 Å². The van der Waals surface area contributed by atoms with Gasteiger partial charge in [-0.15, -0.1) is 0 Å². The van der Waals surface area contributed by atoms with Crippen molar-refractivity contribution in [2.45, 2.75) is 19.0 Å². The smallest absolute Gasteiger partial charge is 0.292 e. The van der Waals surface area contributed by atoms with Crippen molar-refractivity contribution in [1.29, 1.82) is 0 Å². The Labute approximate surface area is 108 Å². The first kappa shape index (κ1) is 15.6. The molecular weight excluding hydrogens is 283 g/mol. The van der Waals surface area contributed by atoms with Gasteiger partial charge in [-0.1, -0.05) is 0 Å². The van der Waals surface area contributed by atoms with Gasteiger partial charge in [-0.25, -0.2) is 8.42 Å². The van der Waals surface area contributed by atoms with Crippen molar-refractivity contribution in [3.8, 4) is 0 Å². The normalized spacial score (nSPS) is 12.4. The molecule has 0 N–H and O–H groups in total. The lowest BCUT2D eigenvalue weighted by Crippen LogP contribution is -2.10. The van der Waals surface area contributed by atoms with E-state index in [9.17, 15) is 26.4 Å². The maximum Gasteiger partial charge on any atom is 0.417 e. The van der Waals surface area contributed by atoms with Gasteiger partial charge in [-0.2, -0.15) is 13.2 Å². The first-order valence-electron chi connectivity index (χ1n) is 5.34. The highest BCUT2D eigenvalue weighted by molar-refractivity contribution is 7.90. The van der Waals surface area contributed by atoms with Crippen molar-refractivity contribution in [2.24, 2.45) is 0 Å². The Bertz CT molecular complexity index is 550. The Hall–Kier alpha value is -1.44. The largest absolute Gasteiger partial charge is 0.417 e. The van der Waals surface area contributed by atoms with Gasteiger partial charge in [-0.05, 0) is 18.6 Å². The van der Waals surface area contributed by atoms with Gasteiger partial charge in [0.15, 0.2) is 5.78 Å². The van der Waals surface area contributed by atoms with E-state index in [4.69, 9.17) is 0 Å². The maximum atomic E-state index is 12.3. The summed E-state index contributed by atoms with van der Waals surface area (Å²) >= 11 is 0. The molecule has 0 aliphatic heterocycles. The fourth-order valence-corrected chi connectivity index (χ4v) is 2.02. The number of carbonyl (C=O) groups excluding carboxylic acids is 1. The second kappa shape index (κ2) is 5.68. The monoisotopic (exact) mass is 295 g/mol. The van der Waals surface area contributed by atoms with Crippen LogP contribution < -0.4 is 0 Å². The molecule has 1 aromatic heterocycles. The third-order valence-electron chi connectivity index (χ3n) is 2.30. The molecule has 0 saturated carbocycles. The van der Waals surface area contributed by atoms with Crippen LogP contribution in [0.2, 0.25) is 0 Å². The summed E-state index contributed by atoms with van der Waals surface area (Å²) in [6.45, 7) is 0. The van der Waals surface area contributed by atoms with Crippen molar-refractivity contribution >= 4 is 15.6 Å². The minimum atomic E-state index is -4.50. The fourth-order valence-electron chi connectivity index (χ4n) is 1.35. The third kappa shape index (κ3) is 5.37. The molecule has 0 radical (unpaired) electrons. The van der Waals surface area contributed by atoms with E-state index in [-0.39, 0.29) is 24.3 Å². The second-order valence-electron chi connectivity index (χ2n) is 4.09. The van der Waals surface area contributed by atoms with E-state index >= 15 is 0 Å². The number of ketones is 1. The molecule has 0 aliphatic rings. The van der Waals surface area contributed by atoms with Gasteiger partial charge in [0.2, 0.25) is 0 Å². The van der Waals surface area contributed by atoms with Gasteiger partial charge in [0.1, 0.15) is 15.5 Å². The number of nitrogens with zero attached hydrogens (tertiary/aromatic N) is 1. The molecule has 0 aliphatic carbocycles. The van der Waals surface area contributed by atoms with Crippen LogP contribution in [-0.2, 0) is 16.0 Å². The molecule has 8 heteroatoms. The molecule has 1 rings (SSSR count). The number of rotatable bonds is 5. The fraction of sp³-hybridized carbons (Fsp3) is 0.455. The van der Waals surface area contributed by atoms with E-state index in [1.165, 1.54) is 0 Å². The van der Waals surface area contributed by atoms with Gasteiger partial charge in [-0.3, -0.25) is 9.78 Å². The molecule has 0 amide bonds. The van der Waals surface area contributed by atoms with Gasteiger partial charge >= 0.3 is 6.18 Å². The van der Waals surface area contributed by atoms with Crippen LogP contribution in [0.5, 0.6) is 0 Å². The third-order valence-corrected chi connectivity index (χ3v) is 3.33. The molecule has 4 nitrogen and oxygen atoms in total. The van der Waals surface area contributed by atoms with Crippen LogP contribution in [-0.4, -0.2) is 31.2 Å². The summed E-state index contributed by atoms with van der Waals surface area (Å²) in [4.78, 5) is 15.0. The summed E-state index contributed by atoms with van der Waals surface area (Å²) < 4.78 is 58.5. The standard InChI is InChI=1S/C11H12F3NO3S/c1-19(17,18)6-2-3-10(16)9-5-4-8(7-15-9)11(12,13)14/h4-5,7H,2-3,6H2,1H3. The van der Waals surface area contributed by atoms with Crippen LogP contribution in [0, 0.1) is 0 Å². The average molecular weight is 295 g/mol.